The third-order valence-corrected chi connectivity index (χ3v) is 8.82. The van der Waals surface area contributed by atoms with E-state index < -0.39 is 0 Å². The molecule has 0 heteroatoms. The minimum Gasteiger partial charge on any atom is -0.0622 e. The third-order valence-electron chi connectivity index (χ3n) is 8.82. The Balaban J connectivity index is 1.89. The highest BCUT2D eigenvalue weighted by atomic mass is 14.8. The second kappa shape index (κ2) is 2.63. The molecule has 0 heterocycles. The lowest BCUT2D eigenvalue weighted by molar-refractivity contribution is -0.139. The van der Waals surface area contributed by atoms with Crippen molar-refractivity contribution in [3.05, 3.63) is 0 Å². The fraction of sp³-hybridized carbons (Fsp3) is 1.00. The molecule has 4 aliphatic rings. The molecule has 4 rings (SSSR count). The zero-order valence-electron chi connectivity index (χ0n) is 12.2. The molecule has 0 N–H and O–H groups in total. The first-order chi connectivity index (χ1) is 7.83. The molecule has 4 aliphatic carbocycles. The molecule has 0 radical (unpaired) electrons. The molecule has 17 heavy (non-hydrogen) atoms. The predicted molar refractivity (Wildman–Crippen MR) is 71.6 cm³/mol. The van der Waals surface area contributed by atoms with Crippen LogP contribution >= 0.6 is 0 Å². The van der Waals surface area contributed by atoms with E-state index in [4.69, 9.17) is 0 Å². The molecule has 96 valence electrons. The Hall–Kier alpha value is 0. The Kier molecular flexibility index (Phi) is 1.68. The Morgan fingerprint density at radius 3 is 2.24 bits per heavy atom. The van der Waals surface area contributed by atoms with Gasteiger partial charge in [0, 0.05) is 0 Å². The van der Waals surface area contributed by atoms with Gasteiger partial charge >= 0.3 is 0 Å². The van der Waals surface area contributed by atoms with Gasteiger partial charge in [-0.25, -0.2) is 0 Å². The number of fused-ring (bicyclic) bond motifs is 9. The van der Waals surface area contributed by atoms with Gasteiger partial charge in [-0.15, -0.1) is 0 Å². The average Bonchev–Trinajstić information content (AvgIpc) is 2.62. The fourth-order valence-electron chi connectivity index (χ4n) is 7.52. The zero-order valence-corrected chi connectivity index (χ0v) is 12.2. The zero-order chi connectivity index (χ0) is 12.2. The topological polar surface area (TPSA) is 0 Å². The standard InChI is InChI=1S/C17H28/c1-10-7-15(3)8-12(10)13-9-16(15,4)17(5)11(2)6-14(13)17/h10-14H,6-9H2,1-5H3. The maximum absolute atomic E-state index is 2.67. The summed E-state index contributed by atoms with van der Waals surface area (Å²) in [5.41, 5.74) is 1.99. The van der Waals surface area contributed by atoms with E-state index in [0.717, 1.165) is 29.6 Å². The van der Waals surface area contributed by atoms with E-state index in [9.17, 15) is 0 Å². The summed E-state index contributed by atoms with van der Waals surface area (Å²) in [5.74, 6) is 5.23. The second-order valence-corrected chi connectivity index (χ2v) is 8.84. The monoisotopic (exact) mass is 232 g/mol. The highest BCUT2D eigenvalue weighted by molar-refractivity contribution is 5.24. The average molecular weight is 232 g/mol. The third kappa shape index (κ3) is 0.843. The maximum atomic E-state index is 2.67. The lowest BCUT2D eigenvalue weighted by Gasteiger charge is -2.62. The Labute approximate surface area is 107 Å². The molecule has 0 saturated heterocycles. The predicted octanol–water partition coefficient (Wildman–Crippen LogP) is 4.74. The molecule has 8 unspecified atom stereocenters. The molecule has 0 aromatic carbocycles. The SMILES string of the molecule is CC1CC2(C)CC1C1CC2(C)C2(C)C(C)CC12. The maximum Gasteiger partial charge on any atom is -0.0210 e. The van der Waals surface area contributed by atoms with Crippen molar-refractivity contribution in [1.82, 2.24) is 0 Å². The molecule has 0 aliphatic heterocycles. The molecule has 0 amide bonds. The number of rotatable bonds is 0. The summed E-state index contributed by atoms with van der Waals surface area (Å²) in [6, 6.07) is 0. The Bertz CT molecular complexity index is 385. The van der Waals surface area contributed by atoms with Crippen LogP contribution in [0.4, 0.5) is 0 Å². The van der Waals surface area contributed by atoms with Crippen LogP contribution in [0.25, 0.3) is 0 Å². The van der Waals surface area contributed by atoms with Gasteiger partial charge in [0.25, 0.3) is 0 Å². The lowest BCUT2D eigenvalue weighted by atomic mass is 9.42. The first-order valence-electron chi connectivity index (χ1n) is 7.83. The van der Waals surface area contributed by atoms with E-state index in [0.29, 0.717) is 16.2 Å². The van der Waals surface area contributed by atoms with Gasteiger partial charge in [-0.1, -0.05) is 34.6 Å². The summed E-state index contributed by atoms with van der Waals surface area (Å²) < 4.78 is 0. The molecule has 8 atom stereocenters. The van der Waals surface area contributed by atoms with Crippen LogP contribution in [0.1, 0.15) is 60.3 Å². The van der Waals surface area contributed by atoms with Gasteiger partial charge in [0.2, 0.25) is 0 Å². The van der Waals surface area contributed by atoms with Gasteiger partial charge < -0.3 is 0 Å². The molecule has 0 nitrogen and oxygen atoms in total. The van der Waals surface area contributed by atoms with E-state index in [-0.39, 0.29) is 0 Å². The van der Waals surface area contributed by atoms with Crippen LogP contribution in [0.15, 0.2) is 0 Å². The van der Waals surface area contributed by atoms with E-state index in [1.807, 2.05) is 0 Å². The summed E-state index contributed by atoms with van der Waals surface area (Å²) in [5, 5.41) is 0. The van der Waals surface area contributed by atoms with Crippen LogP contribution in [-0.4, -0.2) is 0 Å². The van der Waals surface area contributed by atoms with Crippen LogP contribution in [0.2, 0.25) is 0 Å². The largest absolute Gasteiger partial charge is 0.0622 e. The summed E-state index contributed by atoms with van der Waals surface area (Å²) >= 11 is 0. The highest BCUT2D eigenvalue weighted by Gasteiger charge is 2.76. The smallest absolute Gasteiger partial charge is 0.0210 e. The van der Waals surface area contributed by atoms with Gasteiger partial charge in [-0.05, 0) is 71.5 Å². The molecule has 0 aromatic heterocycles. The Morgan fingerprint density at radius 1 is 0.882 bits per heavy atom. The van der Waals surface area contributed by atoms with Gasteiger partial charge in [0.05, 0.1) is 0 Å². The molecule has 4 saturated carbocycles. The summed E-state index contributed by atoms with van der Waals surface area (Å²) in [7, 11) is 0. The van der Waals surface area contributed by atoms with Crippen LogP contribution in [0.5, 0.6) is 0 Å². The van der Waals surface area contributed by atoms with Crippen molar-refractivity contribution in [3.63, 3.8) is 0 Å². The first-order valence-corrected chi connectivity index (χ1v) is 7.83. The van der Waals surface area contributed by atoms with E-state index >= 15 is 0 Å². The summed E-state index contributed by atoms with van der Waals surface area (Å²) in [6.45, 7) is 13.0. The van der Waals surface area contributed by atoms with Gasteiger partial charge in [0.15, 0.2) is 0 Å². The van der Waals surface area contributed by atoms with Crippen molar-refractivity contribution < 1.29 is 0 Å². The molecule has 0 spiro atoms. The summed E-state index contributed by atoms with van der Waals surface area (Å²) in [6.07, 6.45) is 6.16. The van der Waals surface area contributed by atoms with Crippen LogP contribution in [0.3, 0.4) is 0 Å². The van der Waals surface area contributed by atoms with Crippen molar-refractivity contribution in [2.45, 2.75) is 60.3 Å². The van der Waals surface area contributed by atoms with Crippen molar-refractivity contribution in [1.29, 1.82) is 0 Å². The minimum atomic E-state index is 0.647. The quantitative estimate of drug-likeness (QED) is 0.566. The normalized spacial score (nSPS) is 72.2. The molecule has 4 fully saturated rings. The van der Waals surface area contributed by atoms with Gasteiger partial charge in [-0.3, -0.25) is 0 Å². The van der Waals surface area contributed by atoms with Gasteiger partial charge in [0.1, 0.15) is 0 Å². The fourth-order valence-corrected chi connectivity index (χ4v) is 7.52. The van der Waals surface area contributed by atoms with Crippen molar-refractivity contribution in [3.8, 4) is 0 Å². The number of hydrogen-bond donors (Lipinski definition) is 0. The molecular weight excluding hydrogens is 204 g/mol. The van der Waals surface area contributed by atoms with E-state index in [1.54, 1.807) is 12.8 Å². The highest BCUT2D eigenvalue weighted by Crippen LogP contribution is 2.83. The first kappa shape index (κ1) is 10.9. The van der Waals surface area contributed by atoms with Crippen molar-refractivity contribution >= 4 is 0 Å². The van der Waals surface area contributed by atoms with E-state index in [2.05, 4.69) is 34.6 Å². The van der Waals surface area contributed by atoms with E-state index in [1.165, 1.54) is 12.8 Å². The molecule has 4 bridgehead atoms. The summed E-state index contributed by atoms with van der Waals surface area (Å²) in [4.78, 5) is 0. The van der Waals surface area contributed by atoms with Crippen molar-refractivity contribution in [2.75, 3.05) is 0 Å². The minimum absolute atomic E-state index is 0.647. The van der Waals surface area contributed by atoms with Crippen LogP contribution < -0.4 is 0 Å². The lowest BCUT2D eigenvalue weighted by Crippen LogP contribution is -2.56. The van der Waals surface area contributed by atoms with Crippen LogP contribution in [-0.2, 0) is 0 Å². The van der Waals surface area contributed by atoms with Crippen molar-refractivity contribution in [2.24, 2.45) is 45.8 Å². The number of hydrogen-bond acceptors (Lipinski definition) is 0. The van der Waals surface area contributed by atoms with Gasteiger partial charge in [-0.2, -0.15) is 0 Å². The second-order valence-electron chi connectivity index (χ2n) is 8.84. The Morgan fingerprint density at radius 2 is 1.59 bits per heavy atom. The van der Waals surface area contributed by atoms with Crippen LogP contribution in [0, 0.1) is 45.8 Å². The molecular formula is C17H28. The molecule has 0 aromatic rings.